The number of imidazole rings is 1. The van der Waals surface area contributed by atoms with Gasteiger partial charge in [-0.3, -0.25) is 4.40 Å². The molecule has 2 rings (SSSR count). The van der Waals surface area contributed by atoms with Crippen molar-refractivity contribution in [1.29, 1.82) is 0 Å². The van der Waals surface area contributed by atoms with E-state index in [2.05, 4.69) is 15.0 Å². The number of hydrogen-bond donors (Lipinski definition) is 2. The molecule has 2 aromatic heterocycles. The topological polar surface area (TPSA) is 75.5 Å². The first-order valence-corrected chi connectivity index (χ1v) is 9.55. The van der Waals surface area contributed by atoms with E-state index in [1.54, 1.807) is 10.6 Å². The minimum absolute atomic E-state index is 0.204. The van der Waals surface area contributed by atoms with E-state index in [4.69, 9.17) is 0 Å². The Kier molecular flexibility index (Phi) is 5.23. The Balaban J connectivity index is 2.35. The molecular formula is C13H22N4O2S2. The number of sulfonamides is 1. The van der Waals surface area contributed by atoms with Crippen LogP contribution < -0.4 is 10.0 Å². The summed E-state index contributed by atoms with van der Waals surface area (Å²) < 4.78 is 29.5. The Labute approximate surface area is 129 Å². The van der Waals surface area contributed by atoms with Crippen molar-refractivity contribution in [2.75, 3.05) is 18.4 Å². The monoisotopic (exact) mass is 330 g/mol. The molecule has 8 heteroatoms. The fourth-order valence-electron chi connectivity index (χ4n) is 1.84. The second-order valence-corrected chi connectivity index (χ2v) is 7.67. The zero-order valence-corrected chi connectivity index (χ0v) is 14.2. The lowest BCUT2D eigenvalue weighted by atomic mass is 10.1. The molecule has 0 fully saturated rings. The van der Waals surface area contributed by atoms with Crippen LogP contribution in [0.1, 0.15) is 33.6 Å². The molecule has 6 nitrogen and oxygen atoms in total. The maximum atomic E-state index is 12.6. The maximum Gasteiger partial charge on any atom is 0.260 e. The molecule has 0 bridgehead atoms. The largest absolute Gasteiger partial charge is 0.368 e. The van der Waals surface area contributed by atoms with E-state index in [0.717, 1.165) is 12.8 Å². The first kappa shape index (κ1) is 16.3. The predicted octanol–water partition coefficient (Wildman–Crippen LogP) is 2.54. The number of anilines is 1. The zero-order valence-electron chi connectivity index (χ0n) is 12.6. The lowest BCUT2D eigenvalue weighted by Crippen LogP contribution is -2.29. The van der Waals surface area contributed by atoms with Crippen LogP contribution >= 0.6 is 11.3 Å². The van der Waals surface area contributed by atoms with Crippen LogP contribution in [0.25, 0.3) is 4.96 Å². The van der Waals surface area contributed by atoms with Crippen LogP contribution in [0.3, 0.4) is 0 Å². The van der Waals surface area contributed by atoms with Crippen LogP contribution in [-0.2, 0) is 10.0 Å². The molecule has 0 aliphatic heterocycles. The summed E-state index contributed by atoms with van der Waals surface area (Å²) in [5.74, 6) is 0.734. The number of nitrogens with zero attached hydrogens (tertiary/aromatic N) is 2. The molecule has 1 atom stereocenters. The van der Waals surface area contributed by atoms with Crippen molar-refractivity contribution in [3.63, 3.8) is 0 Å². The van der Waals surface area contributed by atoms with Crippen molar-refractivity contribution in [1.82, 2.24) is 14.1 Å². The Hall–Kier alpha value is -1.12. The number of fused-ring (bicyclic) bond motifs is 1. The normalized spacial score (nSPS) is 13.7. The minimum Gasteiger partial charge on any atom is -0.368 e. The number of hydrogen-bond acceptors (Lipinski definition) is 5. The molecule has 2 heterocycles. The summed E-state index contributed by atoms with van der Waals surface area (Å²) in [5, 5.41) is 5.14. The summed E-state index contributed by atoms with van der Waals surface area (Å²) >= 11 is 1.42. The van der Waals surface area contributed by atoms with Gasteiger partial charge in [-0.1, -0.05) is 27.2 Å². The summed E-state index contributed by atoms with van der Waals surface area (Å²) in [6, 6.07) is 0. The SMILES string of the molecule is CCCNc1nc2sccn2c1S(=O)(=O)NCC(C)CC. The first-order valence-electron chi connectivity index (χ1n) is 7.18. The zero-order chi connectivity index (χ0) is 15.5. The van der Waals surface area contributed by atoms with Crippen molar-refractivity contribution >= 4 is 32.1 Å². The summed E-state index contributed by atoms with van der Waals surface area (Å²) in [4.78, 5) is 5.05. The fourth-order valence-corrected chi connectivity index (χ4v) is 4.04. The average molecular weight is 330 g/mol. The standard InChI is InChI=1S/C13H22N4O2S2/c1-4-6-14-11-12(17-7-8-20-13(17)16-11)21(18,19)15-9-10(3)5-2/h7-8,10,14-15H,4-6,9H2,1-3H3. The van der Waals surface area contributed by atoms with Crippen molar-refractivity contribution in [2.45, 2.75) is 38.6 Å². The van der Waals surface area contributed by atoms with Gasteiger partial charge in [0.25, 0.3) is 10.0 Å². The summed E-state index contributed by atoms with van der Waals surface area (Å²) in [6.45, 7) is 7.22. The molecule has 0 aromatic carbocycles. The van der Waals surface area contributed by atoms with Crippen LogP contribution in [0.4, 0.5) is 5.82 Å². The number of thiazole rings is 1. The third kappa shape index (κ3) is 3.56. The number of nitrogens with one attached hydrogen (secondary N) is 2. The fraction of sp³-hybridized carbons (Fsp3) is 0.615. The second-order valence-electron chi connectivity index (χ2n) is 5.11. The van der Waals surface area contributed by atoms with Crippen molar-refractivity contribution in [3.8, 4) is 0 Å². The van der Waals surface area contributed by atoms with Gasteiger partial charge in [0.05, 0.1) is 0 Å². The minimum atomic E-state index is -3.59. The molecule has 0 amide bonds. The quantitative estimate of drug-likeness (QED) is 0.780. The highest BCUT2D eigenvalue weighted by Crippen LogP contribution is 2.25. The smallest absolute Gasteiger partial charge is 0.260 e. The molecule has 118 valence electrons. The lowest BCUT2D eigenvalue weighted by molar-refractivity contribution is 0.526. The first-order chi connectivity index (χ1) is 9.99. The molecular weight excluding hydrogens is 308 g/mol. The summed E-state index contributed by atoms with van der Waals surface area (Å²) in [5.41, 5.74) is 0. The molecule has 2 aromatic rings. The van der Waals surface area contributed by atoms with Crippen LogP contribution in [0.2, 0.25) is 0 Å². The van der Waals surface area contributed by atoms with Crippen LogP contribution in [0.5, 0.6) is 0 Å². The van der Waals surface area contributed by atoms with Gasteiger partial charge in [0, 0.05) is 24.7 Å². The van der Waals surface area contributed by atoms with E-state index in [0.29, 0.717) is 29.8 Å². The van der Waals surface area contributed by atoms with Crippen molar-refractivity contribution in [2.24, 2.45) is 5.92 Å². The average Bonchev–Trinajstić information content (AvgIpc) is 3.02. The van der Waals surface area contributed by atoms with Gasteiger partial charge in [0.1, 0.15) is 0 Å². The highest BCUT2D eigenvalue weighted by molar-refractivity contribution is 7.89. The Morgan fingerprint density at radius 1 is 1.43 bits per heavy atom. The summed E-state index contributed by atoms with van der Waals surface area (Å²) in [7, 11) is -3.59. The van der Waals surface area contributed by atoms with E-state index in [1.807, 2.05) is 26.2 Å². The van der Waals surface area contributed by atoms with Gasteiger partial charge in [-0.05, 0) is 12.3 Å². The van der Waals surface area contributed by atoms with E-state index >= 15 is 0 Å². The van der Waals surface area contributed by atoms with Gasteiger partial charge in [-0.2, -0.15) is 0 Å². The molecule has 0 saturated carbocycles. The molecule has 0 saturated heterocycles. The van der Waals surface area contributed by atoms with E-state index in [9.17, 15) is 8.42 Å². The molecule has 1 unspecified atom stereocenters. The molecule has 21 heavy (non-hydrogen) atoms. The third-order valence-electron chi connectivity index (χ3n) is 3.33. The van der Waals surface area contributed by atoms with Gasteiger partial charge in [0.15, 0.2) is 15.8 Å². The van der Waals surface area contributed by atoms with Crippen LogP contribution in [0.15, 0.2) is 16.6 Å². The number of rotatable bonds is 8. The highest BCUT2D eigenvalue weighted by Gasteiger charge is 2.25. The van der Waals surface area contributed by atoms with Gasteiger partial charge in [-0.25, -0.2) is 18.1 Å². The van der Waals surface area contributed by atoms with E-state index in [-0.39, 0.29) is 5.03 Å². The Bertz CT molecular complexity index is 690. The number of aromatic nitrogens is 2. The van der Waals surface area contributed by atoms with Crippen LogP contribution in [-0.4, -0.2) is 30.9 Å². The van der Waals surface area contributed by atoms with Gasteiger partial charge in [0.2, 0.25) is 0 Å². The Morgan fingerprint density at radius 3 is 2.86 bits per heavy atom. The van der Waals surface area contributed by atoms with Gasteiger partial charge in [-0.15, -0.1) is 11.3 Å². The predicted molar refractivity (Wildman–Crippen MR) is 86.5 cm³/mol. The van der Waals surface area contributed by atoms with Crippen LogP contribution in [0, 0.1) is 5.92 Å². The third-order valence-corrected chi connectivity index (χ3v) is 5.54. The van der Waals surface area contributed by atoms with E-state index < -0.39 is 10.0 Å². The van der Waals surface area contributed by atoms with Gasteiger partial charge >= 0.3 is 0 Å². The highest BCUT2D eigenvalue weighted by atomic mass is 32.2. The molecule has 0 aliphatic carbocycles. The van der Waals surface area contributed by atoms with Gasteiger partial charge < -0.3 is 5.32 Å². The second kappa shape index (κ2) is 6.76. The Morgan fingerprint density at radius 2 is 2.19 bits per heavy atom. The molecule has 0 radical (unpaired) electrons. The maximum absolute atomic E-state index is 12.6. The summed E-state index contributed by atoms with van der Waals surface area (Å²) in [6.07, 6.45) is 3.58. The molecule has 0 aliphatic rings. The lowest BCUT2D eigenvalue weighted by Gasteiger charge is -2.12. The molecule has 0 spiro atoms. The van der Waals surface area contributed by atoms with Crippen molar-refractivity contribution in [3.05, 3.63) is 11.6 Å². The molecule has 2 N–H and O–H groups in total. The van der Waals surface area contributed by atoms with Crippen molar-refractivity contribution < 1.29 is 8.42 Å². The van der Waals surface area contributed by atoms with E-state index in [1.165, 1.54) is 11.3 Å².